The Balaban J connectivity index is 1.77. The average Bonchev–Trinajstić information content (AvgIpc) is 3.20. The second-order valence-electron chi connectivity index (χ2n) is 8.08. The predicted molar refractivity (Wildman–Crippen MR) is 111 cm³/mol. The number of hydrogen-bond acceptors (Lipinski definition) is 4. The summed E-state index contributed by atoms with van der Waals surface area (Å²) in [6.07, 6.45) is 0.945. The molecule has 7 nitrogen and oxygen atoms in total. The average molecular weight is 384 g/mol. The van der Waals surface area contributed by atoms with Crippen LogP contribution < -0.4 is 5.73 Å². The van der Waals surface area contributed by atoms with Crippen LogP contribution >= 0.6 is 0 Å². The maximum Gasteiger partial charge on any atom is 0.0596 e. The fraction of sp³-hybridized carbons (Fsp3) is 0.571. The monoisotopic (exact) mass is 383 g/mol. The van der Waals surface area contributed by atoms with Crippen molar-refractivity contribution in [2.75, 3.05) is 0 Å². The minimum atomic E-state index is -0.0149. The summed E-state index contributed by atoms with van der Waals surface area (Å²) < 4.78 is 6.19. The van der Waals surface area contributed by atoms with E-state index in [-0.39, 0.29) is 12.0 Å². The lowest BCUT2D eigenvalue weighted by Gasteiger charge is -2.25. The first-order chi connectivity index (χ1) is 13.2. The van der Waals surface area contributed by atoms with Gasteiger partial charge in [-0.05, 0) is 72.1 Å². The first kappa shape index (κ1) is 20.3. The highest BCUT2D eigenvalue weighted by Crippen LogP contribution is 2.17. The van der Waals surface area contributed by atoms with Crippen molar-refractivity contribution in [3.8, 4) is 0 Å². The van der Waals surface area contributed by atoms with E-state index < -0.39 is 0 Å². The van der Waals surface area contributed by atoms with E-state index in [0.29, 0.717) is 6.54 Å². The summed E-state index contributed by atoms with van der Waals surface area (Å²) >= 11 is 0. The molecule has 3 heterocycles. The van der Waals surface area contributed by atoms with E-state index in [2.05, 4.69) is 63.6 Å². The van der Waals surface area contributed by atoms with Gasteiger partial charge in [0.1, 0.15) is 0 Å². The van der Waals surface area contributed by atoms with Crippen molar-refractivity contribution in [1.29, 1.82) is 0 Å². The number of nitrogens with zero attached hydrogens (tertiary/aromatic N) is 6. The van der Waals surface area contributed by atoms with Gasteiger partial charge in [-0.25, -0.2) is 0 Å². The molecule has 0 amide bonds. The largest absolute Gasteiger partial charge is 0.326 e. The SMILES string of the molecule is Cc1cc(C)n(CCC(Cn2nc(C)cc2C)C(N)Cn2nc(C)cc2C)n1. The third-order valence-corrected chi connectivity index (χ3v) is 5.42. The molecule has 3 rings (SSSR count). The van der Waals surface area contributed by atoms with Gasteiger partial charge in [0.05, 0.1) is 23.6 Å². The third-order valence-electron chi connectivity index (χ3n) is 5.42. The predicted octanol–water partition coefficient (Wildman–Crippen LogP) is 2.86. The van der Waals surface area contributed by atoms with Crippen LogP contribution in [-0.4, -0.2) is 35.4 Å². The van der Waals surface area contributed by atoms with Crippen LogP contribution in [0.1, 0.15) is 40.6 Å². The molecule has 0 aliphatic rings. The standard InChI is InChI=1S/C21H33N7/c1-14-9-17(4)26(23-14)8-7-20(12-27-18(5)10-15(2)24-27)21(22)13-28-19(6)11-16(3)25-28/h9-11,20-21H,7-8,12-13,22H2,1-6H3. The molecule has 0 aromatic carbocycles. The quantitative estimate of drug-likeness (QED) is 0.649. The van der Waals surface area contributed by atoms with Crippen LogP contribution in [0.25, 0.3) is 0 Å². The Hall–Kier alpha value is -2.41. The van der Waals surface area contributed by atoms with Crippen LogP contribution in [0.15, 0.2) is 18.2 Å². The van der Waals surface area contributed by atoms with E-state index in [4.69, 9.17) is 5.73 Å². The first-order valence-electron chi connectivity index (χ1n) is 10.0. The van der Waals surface area contributed by atoms with E-state index in [1.165, 1.54) is 11.4 Å². The Morgan fingerprint density at radius 1 is 0.714 bits per heavy atom. The van der Waals surface area contributed by atoms with E-state index >= 15 is 0 Å². The van der Waals surface area contributed by atoms with Crippen molar-refractivity contribution in [2.45, 2.75) is 73.6 Å². The summed E-state index contributed by atoms with van der Waals surface area (Å²) in [5.74, 6) is 0.269. The molecule has 3 aromatic heterocycles. The molecule has 0 spiro atoms. The topological polar surface area (TPSA) is 79.5 Å². The summed E-state index contributed by atoms with van der Waals surface area (Å²) in [5, 5.41) is 13.9. The molecule has 0 aliphatic heterocycles. The minimum absolute atomic E-state index is 0.0149. The molecule has 0 bridgehead atoms. The second kappa shape index (κ2) is 8.31. The third kappa shape index (κ3) is 4.70. The molecule has 2 N–H and O–H groups in total. The molecule has 3 aromatic rings. The van der Waals surface area contributed by atoms with Gasteiger partial charge in [0, 0.05) is 36.2 Å². The highest BCUT2D eigenvalue weighted by Gasteiger charge is 2.22. The fourth-order valence-corrected chi connectivity index (χ4v) is 3.92. The smallest absolute Gasteiger partial charge is 0.0596 e. The summed E-state index contributed by atoms with van der Waals surface area (Å²) in [4.78, 5) is 0. The van der Waals surface area contributed by atoms with Gasteiger partial charge in [-0.2, -0.15) is 15.3 Å². The van der Waals surface area contributed by atoms with Crippen molar-refractivity contribution in [3.05, 3.63) is 52.4 Å². The van der Waals surface area contributed by atoms with E-state index in [9.17, 15) is 0 Å². The number of aromatic nitrogens is 6. The van der Waals surface area contributed by atoms with Crippen molar-refractivity contribution in [1.82, 2.24) is 29.3 Å². The zero-order valence-corrected chi connectivity index (χ0v) is 18.0. The van der Waals surface area contributed by atoms with E-state index in [0.717, 1.165) is 42.3 Å². The maximum atomic E-state index is 6.71. The van der Waals surface area contributed by atoms with Crippen molar-refractivity contribution >= 4 is 0 Å². The molecule has 0 radical (unpaired) electrons. The Bertz CT molecular complexity index is 931. The van der Waals surface area contributed by atoms with Gasteiger partial charge in [-0.1, -0.05) is 0 Å². The van der Waals surface area contributed by atoms with Gasteiger partial charge in [0.15, 0.2) is 0 Å². The number of aryl methyl sites for hydroxylation is 7. The zero-order chi connectivity index (χ0) is 20.4. The Morgan fingerprint density at radius 3 is 1.57 bits per heavy atom. The molecule has 2 unspecified atom stereocenters. The first-order valence-corrected chi connectivity index (χ1v) is 10.0. The molecule has 7 heteroatoms. The molecule has 0 saturated carbocycles. The van der Waals surface area contributed by atoms with Gasteiger partial charge >= 0.3 is 0 Å². The molecule has 0 fully saturated rings. The van der Waals surface area contributed by atoms with Crippen LogP contribution in [0.5, 0.6) is 0 Å². The lowest BCUT2D eigenvalue weighted by molar-refractivity contribution is 0.279. The highest BCUT2D eigenvalue weighted by atomic mass is 15.3. The number of rotatable bonds is 8. The van der Waals surface area contributed by atoms with Gasteiger partial charge in [0.25, 0.3) is 0 Å². The van der Waals surface area contributed by atoms with Crippen molar-refractivity contribution in [2.24, 2.45) is 11.7 Å². The Labute approximate surface area is 167 Å². The molecule has 152 valence electrons. The van der Waals surface area contributed by atoms with Crippen LogP contribution in [0.2, 0.25) is 0 Å². The summed E-state index contributed by atoms with van der Waals surface area (Å²) in [6.45, 7) is 14.7. The number of nitrogens with two attached hydrogens (primary N) is 1. The van der Waals surface area contributed by atoms with Crippen molar-refractivity contribution < 1.29 is 0 Å². The van der Waals surface area contributed by atoms with Crippen LogP contribution in [0.3, 0.4) is 0 Å². The lowest BCUT2D eigenvalue weighted by atomic mass is 9.96. The van der Waals surface area contributed by atoms with Crippen molar-refractivity contribution in [3.63, 3.8) is 0 Å². The maximum absolute atomic E-state index is 6.71. The van der Waals surface area contributed by atoms with Gasteiger partial charge < -0.3 is 5.73 Å². The van der Waals surface area contributed by atoms with E-state index in [1.54, 1.807) is 0 Å². The van der Waals surface area contributed by atoms with Gasteiger partial charge in [-0.15, -0.1) is 0 Å². The van der Waals surface area contributed by atoms with Crippen LogP contribution in [0, 0.1) is 47.5 Å². The molecular weight excluding hydrogens is 350 g/mol. The van der Waals surface area contributed by atoms with Crippen LogP contribution in [-0.2, 0) is 19.6 Å². The van der Waals surface area contributed by atoms with Gasteiger partial charge in [-0.3, -0.25) is 14.0 Å². The second-order valence-corrected chi connectivity index (χ2v) is 8.08. The lowest BCUT2D eigenvalue weighted by Crippen LogP contribution is -2.38. The minimum Gasteiger partial charge on any atom is -0.326 e. The molecule has 2 atom stereocenters. The van der Waals surface area contributed by atoms with E-state index in [1.807, 2.05) is 25.5 Å². The zero-order valence-electron chi connectivity index (χ0n) is 18.0. The molecular formula is C21H33N7. The normalized spacial score (nSPS) is 13.8. The molecule has 0 aliphatic carbocycles. The van der Waals surface area contributed by atoms with Gasteiger partial charge in [0.2, 0.25) is 0 Å². The summed E-state index contributed by atoms with van der Waals surface area (Å²) in [7, 11) is 0. The summed E-state index contributed by atoms with van der Waals surface area (Å²) in [5.41, 5.74) is 13.3. The fourth-order valence-electron chi connectivity index (χ4n) is 3.92. The Kier molecular flexibility index (Phi) is 6.03. The molecule has 28 heavy (non-hydrogen) atoms. The molecule has 0 saturated heterocycles. The summed E-state index contributed by atoms with van der Waals surface area (Å²) in [6, 6.07) is 6.31. The number of hydrogen-bond donors (Lipinski definition) is 1. The Morgan fingerprint density at radius 2 is 1.14 bits per heavy atom. The van der Waals surface area contributed by atoms with Crippen LogP contribution in [0.4, 0.5) is 0 Å². The highest BCUT2D eigenvalue weighted by molar-refractivity contribution is 5.08.